The van der Waals surface area contributed by atoms with Crippen molar-refractivity contribution in [3.63, 3.8) is 0 Å². The summed E-state index contributed by atoms with van der Waals surface area (Å²) < 4.78 is 59.8. The van der Waals surface area contributed by atoms with E-state index in [2.05, 4.69) is 0 Å². The van der Waals surface area contributed by atoms with Gasteiger partial charge in [0.05, 0.1) is 70.9 Å². The highest BCUT2D eigenvalue weighted by Crippen LogP contribution is 2.52. The van der Waals surface area contributed by atoms with E-state index >= 15 is 0 Å². The van der Waals surface area contributed by atoms with Crippen molar-refractivity contribution in [2.24, 2.45) is 0 Å². The molecule has 10 heteroatoms. The van der Waals surface area contributed by atoms with Gasteiger partial charge >= 0.3 is 0 Å². The fourth-order valence-electron chi connectivity index (χ4n) is 8.50. The highest BCUT2D eigenvalue weighted by molar-refractivity contribution is 6.09. The second-order valence-corrected chi connectivity index (χ2v) is 15.7. The van der Waals surface area contributed by atoms with Crippen LogP contribution in [-0.4, -0.2) is 51.0 Å². The first kappa shape index (κ1) is 42.1. The Bertz CT molecular complexity index is 2540. The molecular formula is C53H50O10. The molecule has 10 nitrogen and oxygen atoms in total. The predicted octanol–water partition coefficient (Wildman–Crippen LogP) is 10.6. The second-order valence-electron chi connectivity index (χ2n) is 15.7. The van der Waals surface area contributed by atoms with Gasteiger partial charge in [0.15, 0.2) is 5.78 Å². The molecule has 9 rings (SSSR count). The molecule has 2 aliphatic heterocycles. The SMILES string of the molecule is COc1ccc(C2CC(=O)c3c(c([C@@H]4O[C@H](COCc5ccccc5)[C@@H](OCc5ccccc5)[C@H](OCc5ccccc5)[C@H]4OCc4ccccc4)c4occc4c3OC)O2)cc1. The summed E-state index contributed by atoms with van der Waals surface area (Å²) in [6.45, 7) is 1.27. The van der Waals surface area contributed by atoms with Crippen LogP contribution in [0.5, 0.6) is 17.2 Å². The number of ketones is 1. The normalized spacial score (nSPS) is 20.8. The van der Waals surface area contributed by atoms with Crippen LogP contribution in [-0.2, 0) is 50.1 Å². The maximum atomic E-state index is 14.5. The van der Waals surface area contributed by atoms with Gasteiger partial charge in [0.25, 0.3) is 0 Å². The fourth-order valence-corrected chi connectivity index (χ4v) is 8.50. The lowest BCUT2D eigenvalue weighted by Crippen LogP contribution is -2.58. The number of hydrogen-bond donors (Lipinski definition) is 0. The van der Waals surface area contributed by atoms with Gasteiger partial charge in [0.2, 0.25) is 0 Å². The van der Waals surface area contributed by atoms with Crippen molar-refractivity contribution >= 4 is 16.8 Å². The fraction of sp³-hybridized carbons (Fsp3) is 0.264. The van der Waals surface area contributed by atoms with Crippen molar-refractivity contribution in [2.75, 3.05) is 20.8 Å². The largest absolute Gasteiger partial charge is 0.497 e. The van der Waals surface area contributed by atoms with Crippen molar-refractivity contribution < 1.29 is 47.1 Å². The minimum absolute atomic E-state index is 0.0894. The molecule has 0 bridgehead atoms. The number of carbonyl (C=O) groups excluding carboxylic acids is 1. The Morgan fingerprint density at radius 3 is 1.68 bits per heavy atom. The monoisotopic (exact) mass is 846 g/mol. The highest BCUT2D eigenvalue weighted by atomic mass is 16.6. The third kappa shape index (κ3) is 9.41. The molecule has 0 N–H and O–H groups in total. The van der Waals surface area contributed by atoms with Crippen LogP contribution in [0.25, 0.3) is 11.0 Å². The number of carbonyl (C=O) groups is 1. The van der Waals surface area contributed by atoms with Crippen LogP contribution < -0.4 is 14.2 Å². The summed E-state index contributed by atoms with van der Waals surface area (Å²) in [5, 5.41) is 0.609. The molecular weight excluding hydrogens is 797 g/mol. The lowest BCUT2D eigenvalue weighted by atomic mass is 9.85. The molecule has 0 aliphatic carbocycles. The van der Waals surface area contributed by atoms with Crippen molar-refractivity contribution in [3.05, 3.63) is 197 Å². The molecule has 0 amide bonds. The van der Waals surface area contributed by atoms with Crippen molar-refractivity contribution in [1.82, 2.24) is 0 Å². The van der Waals surface area contributed by atoms with Gasteiger partial charge < -0.3 is 42.3 Å². The maximum absolute atomic E-state index is 14.5. The Labute approximate surface area is 367 Å². The van der Waals surface area contributed by atoms with Crippen molar-refractivity contribution in [2.45, 2.75) is 69.5 Å². The van der Waals surface area contributed by atoms with Crippen LogP contribution in [0, 0.1) is 0 Å². The lowest BCUT2D eigenvalue weighted by molar-refractivity contribution is -0.275. The van der Waals surface area contributed by atoms with Crippen molar-refractivity contribution in [1.29, 1.82) is 0 Å². The average molecular weight is 847 g/mol. The van der Waals surface area contributed by atoms with Crippen LogP contribution in [0.15, 0.2) is 162 Å². The van der Waals surface area contributed by atoms with E-state index in [1.165, 1.54) is 0 Å². The van der Waals surface area contributed by atoms with Crippen LogP contribution in [0.2, 0.25) is 0 Å². The third-order valence-electron chi connectivity index (χ3n) is 11.6. The number of benzene rings is 6. The molecule has 3 heterocycles. The molecule has 6 aromatic carbocycles. The van der Waals surface area contributed by atoms with Gasteiger partial charge in [-0.15, -0.1) is 0 Å². The molecule has 1 fully saturated rings. The zero-order chi connectivity index (χ0) is 43.0. The first-order chi connectivity index (χ1) is 31.1. The van der Waals surface area contributed by atoms with Gasteiger partial charge in [-0.05, 0) is 46.0 Å². The number of furan rings is 1. The van der Waals surface area contributed by atoms with E-state index < -0.39 is 36.6 Å². The molecule has 322 valence electrons. The summed E-state index contributed by atoms with van der Waals surface area (Å²) in [6.07, 6.45) is -2.81. The number of Topliss-reactive ketones (excluding diaryl/α,β-unsaturated/α-hetero) is 1. The van der Waals surface area contributed by atoms with Gasteiger partial charge in [0.1, 0.15) is 65.0 Å². The summed E-state index contributed by atoms with van der Waals surface area (Å²) in [6, 6.07) is 49.4. The number of ether oxygens (including phenoxy) is 8. The third-order valence-corrected chi connectivity index (χ3v) is 11.6. The summed E-state index contributed by atoms with van der Waals surface area (Å²) in [7, 11) is 3.17. The summed E-state index contributed by atoms with van der Waals surface area (Å²) >= 11 is 0. The minimum atomic E-state index is -0.924. The molecule has 6 atom stereocenters. The first-order valence-corrected chi connectivity index (χ1v) is 21.3. The number of methoxy groups -OCH3 is 2. The molecule has 2 aliphatic rings. The van der Waals surface area contributed by atoms with Gasteiger partial charge in [-0.3, -0.25) is 4.79 Å². The Balaban J connectivity index is 1.19. The first-order valence-electron chi connectivity index (χ1n) is 21.3. The number of hydrogen-bond acceptors (Lipinski definition) is 10. The highest BCUT2D eigenvalue weighted by Gasteiger charge is 2.52. The Morgan fingerprint density at radius 2 is 1.13 bits per heavy atom. The topological polar surface area (TPSA) is 104 Å². The maximum Gasteiger partial charge on any atom is 0.174 e. The summed E-state index contributed by atoms with van der Waals surface area (Å²) in [5.74, 6) is 1.23. The van der Waals surface area contributed by atoms with E-state index in [-0.39, 0.29) is 38.6 Å². The molecule has 63 heavy (non-hydrogen) atoms. The molecule has 1 aromatic heterocycles. The summed E-state index contributed by atoms with van der Waals surface area (Å²) in [4.78, 5) is 14.5. The molecule has 1 unspecified atom stereocenters. The Kier molecular flexibility index (Phi) is 13.2. The summed E-state index contributed by atoms with van der Waals surface area (Å²) in [5.41, 5.74) is 6.03. The molecule has 0 radical (unpaired) electrons. The van der Waals surface area contributed by atoms with Crippen molar-refractivity contribution in [3.8, 4) is 17.2 Å². The Morgan fingerprint density at radius 1 is 0.587 bits per heavy atom. The standard InChI is InChI=1S/C53H50O10/c1-55-40-25-23-39(24-26-40)43-29-42(54)45-47(56-2)41-27-28-58-48(41)46(50(45)62-43)51-53(61-33-38-21-13-6-14-22-38)52(60-32-37-19-11-5-12-20-37)49(59-31-36-17-9-4-10-18-36)44(63-51)34-57-30-35-15-7-3-8-16-35/h3-28,43-44,49,51-53H,29-34H2,1-2H3/t43?,44-,49-,51+,52+,53+/m1/s1. The molecule has 0 spiro atoms. The van der Waals surface area contributed by atoms with E-state index in [4.69, 9.17) is 42.3 Å². The number of fused-ring (bicyclic) bond motifs is 2. The second kappa shape index (κ2) is 19.8. The van der Waals surface area contributed by atoms with Crippen LogP contribution >= 0.6 is 0 Å². The average Bonchev–Trinajstić information content (AvgIpc) is 3.82. The van der Waals surface area contributed by atoms with E-state index in [1.807, 2.05) is 146 Å². The van der Waals surface area contributed by atoms with E-state index in [0.29, 0.717) is 46.0 Å². The van der Waals surface area contributed by atoms with Crippen LogP contribution in [0.1, 0.15) is 62.4 Å². The quantitative estimate of drug-likeness (QED) is 0.0880. The van der Waals surface area contributed by atoms with Crippen LogP contribution in [0.4, 0.5) is 0 Å². The number of rotatable bonds is 17. The van der Waals surface area contributed by atoms with Gasteiger partial charge in [-0.25, -0.2) is 0 Å². The van der Waals surface area contributed by atoms with Crippen LogP contribution in [0.3, 0.4) is 0 Å². The van der Waals surface area contributed by atoms with Gasteiger partial charge in [-0.1, -0.05) is 133 Å². The minimum Gasteiger partial charge on any atom is -0.497 e. The van der Waals surface area contributed by atoms with E-state index in [9.17, 15) is 4.79 Å². The van der Waals surface area contributed by atoms with Gasteiger partial charge in [-0.2, -0.15) is 0 Å². The van der Waals surface area contributed by atoms with E-state index in [1.54, 1.807) is 26.5 Å². The predicted molar refractivity (Wildman–Crippen MR) is 237 cm³/mol. The molecule has 1 saturated heterocycles. The zero-order valence-corrected chi connectivity index (χ0v) is 35.3. The molecule has 7 aromatic rings. The smallest absolute Gasteiger partial charge is 0.174 e. The Hall–Kier alpha value is -6.27. The zero-order valence-electron chi connectivity index (χ0n) is 35.3. The molecule has 0 saturated carbocycles. The lowest BCUT2D eigenvalue weighted by Gasteiger charge is -2.47. The van der Waals surface area contributed by atoms with E-state index in [0.717, 1.165) is 27.8 Å². The van der Waals surface area contributed by atoms with Gasteiger partial charge in [0, 0.05) is 0 Å².